The lowest BCUT2D eigenvalue weighted by Crippen LogP contribution is -2.22. The summed E-state index contributed by atoms with van der Waals surface area (Å²) in [5.41, 5.74) is -0.163. The molecule has 10 heteroatoms. The van der Waals surface area contributed by atoms with Crippen molar-refractivity contribution in [2.24, 2.45) is 0 Å². The maximum Gasteiger partial charge on any atom is 0.279 e. The van der Waals surface area contributed by atoms with E-state index in [0.29, 0.717) is 5.69 Å². The summed E-state index contributed by atoms with van der Waals surface area (Å²) in [6.45, 7) is 0.626. The molecule has 0 unspecified atom stereocenters. The van der Waals surface area contributed by atoms with Gasteiger partial charge in [-0.1, -0.05) is 11.6 Å². The lowest BCUT2D eigenvalue weighted by Gasteiger charge is -2.13. The number of hydrogen-bond acceptors (Lipinski definition) is 5. The maximum atomic E-state index is 13.7. The zero-order valence-corrected chi connectivity index (χ0v) is 15.3. The number of ether oxygens (including phenoxy) is 1. The number of aromatic nitrogens is 3. The number of aryl methyl sites for hydroxylation is 1. The largest absolute Gasteiger partial charge is 0.487 e. The SMILES string of the molecule is Cc1cc(OCc2ccc(F)cc2F)c(Cl)c(=O)n1-c1cn(C(=O)CO)cn1. The van der Waals surface area contributed by atoms with Gasteiger partial charge in [-0.05, 0) is 19.1 Å². The van der Waals surface area contributed by atoms with Crippen molar-refractivity contribution in [1.29, 1.82) is 0 Å². The monoisotopic (exact) mass is 409 g/mol. The van der Waals surface area contributed by atoms with Crippen LogP contribution in [-0.2, 0) is 6.61 Å². The number of benzene rings is 1. The summed E-state index contributed by atoms with van der Waals surface area (Å²) in [6.07, 6.45) is 2.44. The van der Waals surface area contributed by atoms with Crippen molar-refractivity contribution >= 4 is 17.5 Å². The smallest absolute Gasteiger partial charge is 0.279 e. The molecule has 3 aromatic rings. The van der Waals surface area contributed by atoms with Crippen LogP contribution in [0.3, 0.4) is 0 Å². The van der Waals surface area contributed by atoms with Crippen LogP contribution in [0.2, 0.25) is 5.02 Å². The topological polar surface area (TPSA) is 86.3 Å². The maximum absolute atomic E-state index is 13.7. The number of rotatable bonds is 5. The van der Waals surface area contributed by atoms with Gasteiger partial charge in [0.25, 0.3) is 11.5 Å². The predicted octanol–water partition coefficient (Wildman–Crippen LogP) is 2.49. The second kappa shape index (κ2) is 7.91. The van der Waals surface area contributed by atoms with Gasteiger partial charge in [0.05, 0.1) is 6.20 Å². The Bertz CT molecular complexity index is 1110. The van der Waals surface area contributed by atoms with Crippen LogP contribution in [-0.4, -0.2) is 31.7 Å². The average molecular weight is 410 g/mol. The van der Waals surface area contributed by atoms with Crippen LogP contribution in [0.4, 0.5) is 8.78 Å². The minimum Gasteiger partial charge on any atom is -0.487 e. The standard InChI is InChI=1S/C18H14ClF2N3O4/c1-10-4-14(28-8-11-2-3-12(20)5-13(11)21)17(19)18(27)24(10)15-6-23(9-22-15)16(26)7-25/h2-6,9,25H,7-8H2,1H3. The number of aliphatic hydroxyl groups is 1. The minimum absolute atomic E-state index is 0.0232. The van der Waals surface area contributed by atoms with E-state index in [2.05, 4.69) is 4.98 Å². The number of imidazole rings is 1. The van der Waals surface area contributed by atoms with Gasteiger partial charge in [-0.3, -0.25) is 18.7 Å². The second-order valence-corrected chi connectivity index (χ2v) is 6.20. The van der Waals surface area contributed by atoms with Crippen LogP contribution in [0.1, 0.15) is 16.1 Å². The summed E-state index contributed by atoms with van der Waals surface area (Å²) >= 11 is 6.09. The fourth-order valence-corrected chi connectivity index (χ4v) is 2.70. The average Bonchev–Trinajstić information content (AvgIpc) is 3.13. The van der Waals surface area contributed by atoms with E-state index in [-0.39, 0.29) is 28.8 Å². The highest BCUT2D eigenvalue weighted by Crippen LogP contribution is 2.24. The Kier molecular flexibility index (Phi) is 5.57. The molecule has 3 rings (SSSR count). The van der Waals surface area contributed by atoms with E-state index in [1.54, 1.807) is 6.92 Å². The highest BCUT2D eigenvalue weighted by molar-refractivity contribution is 6.31. The summed E-state index contributed by atoms with van der Waals surface area (Å²) in [5.74, 6) is -1.95. The van der Waals surface area contributed by atoms with Gasteiger partial charge in [0.1, 0.15) is 41.9 Å². The Morgan fingerprint density at radius 3 is 2.75 bits per heavy atom. The Balaban J connectivity index is 1.91. The molecular formula is C18H14ClF2N3O4. The Morgan fingerprint density at radius 2 is 2.07 bits per heavy atom. The van der Waals surface area contributed by atoms with Crippen LogP contribution in [0.25, 0.3) is 5.82 Å². The fraction of sp³-hybridized carbons (Fsp3) is 0.167. The predicted molar refractivity (Wildman–Crippen MR) is 96.0 cm³/mol. The van der Waals surface area contributed by atoms with Crippen molar-refractivity contribution in [2.45, 2.75) is 13.5 Å². The summed E-state index contributed by atoms with van der Waals surface area (Å²) in [6, 6.07) is 4.51. The quantitative estimate of drug-likeness (QED) is 0.699. The van der Waals surface area contributed by atoms with Gasteiger partial charge in [0.2, 0.25) is 0 Å². The van der Waals surface area contributed by atoms with Crippen LogP contribution >= 0.6 is 11.6 Å². The van der Waals surface area contributed by atoms with Crippen molar-refractivity contribution in [3.63, 3.8) is 0 Å². The summed E-state index contributed by atoms with van der Waals surface area (Å²) in [7, 11) is 0. The molecule has 0 bridgehead atoms. The van der Waals surface area contributed by atoms with Gasteiger partial charge in [-0.15, -0.1) is 0 Å². The van der Waals surface area contributed by atoms with E-state index < -0.39 is 29.7 Å². The Morgan fingerprint density at radius 1 is 1.32 bits per heavy atom. The molecule has 2 heterocycles. The highest BCUT2D eigenvalue weighted by Gasteiger charge is 2.17. The van der Waals surface area contributed by atoms with E-state index in [9.17, 15) is 18.4 Å². The molecule has 0 aliphatic heterocycles. The molecule has 146 valence electrons. The summed E-state index contributed by atoms with van der Waals surface area (Å²) in [5, 5.41) is 8.63. The van der Waals surface area contributed by atoms with Gasteiger partial charge in [0.15, 0.2) is 5.82 Å². The molecule has 0 saturated heterocycles. The summed E-state index contributed by atoms with van der Waals surface area (Å²) < 4.78 is 34.3. The first kappa shape index (κ1) is 19.7. The first-order valence-electron chi connectivity index (χ1n) is 7.99. The minimum atomic E-state index is -0.778. The van der Waals surface area contributed by atoms with Crippen molar-refractivity contribution in [3.05, 3.63) is 75.1 Å². The molecule has 0 amide bonds. The van der Waals surface area contributed by atoms with Crippen LogP contribution in [0.15, 0.2) is 41.6 Å². The lowest BCUT2D eigenvalue weighted by atomic mass is 10.2. The number of halogens is 3. The van der Waals surface area contributed by atoms with Gasteiger partial charge in [0, 0.05) is 23.4 Å². The van der Waals surface area contributed by atoms with Crippen molar-refractivity contribution in [3.8, 4) is 11.6 Å². The molecule has 0 aliphatic carbocycles. The van der Waals surface area contributed by atoms with Gasteiger partial charge < -0.3 is 9.84 Å². The number of nitrogens with zero attached hydrogens (tertiary/aromatic N) is 3. The number of aliphatic hydroxyl groups excluding tert-OH is 1. The van der Waals surface area contributed by atoms with Gasteiger partial charge in [-0.2, -0.15) is 0 Å². The van der Waals surface area contributed by atoms with E-state index in [4.69, 9.17) is 21.4 Å². The third kappa shape index (κ3) is 3.80. The molecule has 28 heavy (non-hydrogen) atoms. The summed E-state index contributed by atoms with van der Waals surface area (Å²) in [4.78, 5) is 28.1. The number of hydrogen-bond donors (Lipinski definition) is 1. The molecule has 7 nitrogen and oxygen atoms in total. The molecule has 0 fully saturated rings. The highest BCUT2D eigenvalue weighted by atomic mass is 35.5. The van der Waals surface area contributed by atoms with Gasteiger partial charge in [-0.25, -0.2) is 13.8 Å². The molecule has 1 aromatic carbocycles. The first-order valence-corrected chi connectivity index (χ1v) is 8.37. The molecule has 1 N–H and O–H groups in total. The Labute approximate surface area is 162 Å². The molecule has 0 aliphatic rings. The van der Waals surface area contributed by atoms with Gasteiger partial charge >= 0.3 is 0 Å². The van der Waals surface area contributed by atoms with Crippen molar-refractivity contribution in [1.82, 2.24) is 14.1 Å². The number of carbonyl (C=O) groups excluding carboxylic acids is 1. The molecule has 0 radical (unpaired) electrons. The normalized spacial score (nSPS) is 10.9. The van der Waals surface area contributed by atoms with Crippen LogP contribution in [0.5, 0.6) is 5.75 Å². The van der Waals surface area contributed by atoms with Crippen LogP contribution < -0.4 is 10.3 Å². The van der Waals surface area contributed by atoms with Crippen molar-refractivity contribution < 1.29 is 23.4 Å². The molecule has 0 atom stereocenters. The number of carbonyl (C=O) groups is 1. The second-order valence-electron chi connectivity index (χ2n) is 5.82. The van der Waals surface area contributed by atoms with Crippen LogP contribution in [0, 0.1) is 18.6 Å². The molecule has 0 spiro atoms. The third-order valence-corrected chi connectivity index (χ3v) is 4.27. The lowest BCUT2D eigenvalue weighted by molar-refractivity contribution is 0.0818. The van der Waals surface area contributed by atoms with E-state index in [1.165, 1.54) is 18.3 Å². The fourth-order valence-electron chi connectivity index (χ4n) is 2.51. The molecule has 0 saturated carbocycles. The number of pyridine rings is 1. The van der Waals surface area contributed by atoms with E-state index >= 15 is 0 Å². The van der Waals surface area contributed by atoms with E-state index in [0.717, 1.165) is 27.6 Å². The zero-order valence-electron chi connectivity index (χ0n) is 14.5. The van der Waals surface area contributed by atoms with E-state index in [1.807, 2.05) is 0 Å². The molecular weight excluding hydrogens is 396 g/mol. The zero-order chi connectivity index (χ0) is 20.4. The third-order valence-electron chi connectivity index (χ3n) is 3.92. The van der Waals surface area contributed by atoms with Crippen molar-refractivity contribution in [2.75, 3.05) is 6.61 Å². The first-order chi connectivity index (χ1) is 13.3. The Hall–Kier alpha value is -3.04. The molecule has 2 aromatic heterocycles.